The summed E-state index contributed by atoms with van der Waals surface area (Å²) in [6.45, 7) is 4.24. The predicted octanol–water partition coefficient (Wildman–Crippen LogP) is 1.49. The van der Waals surface area contributed by atoms with Crippen molar-refractivity contribution in [2.45, 2.75) is 20.3 Å². The number of amides is 1. The second-order valence-electron chi connectivity index (χ2n) is 3.73. The molecule has 0 heterocycles. The van der Waals surface area contributed by atoms with Crippen molar-refractivity contribution in [1.29, 1.82) is 0 Å². The summed E-state index contributed by atoms with van der Waals surface area (Å²) in [4.78, 5) is 11.4. The highest BCUT2D eigenvalue weighted by Crippen LogP contribution is 2.13. The fourth-order valence-electron chi connectivity index (χ4n) is 1.44. The van der Waals surface area contributed by atoms with Gasteiger partial charge in [0, 0.05) is 5.56 Å². The van der Waals surface area contributed by atoms with Crippen LogP contribution in [0.3, 0.4) is 0 Å². The molecule has 76 valence electrons. The molecule has 3 nitrogen and oxygen atoms in total. The van der Waals surface area contributed by atoms with Gasteiger partial charge in [-0.3, -0.25) is 10.2 Å². The summed E-state index contributed by atoms with van der Waals surface area (Å²) in [7, 11) is 0. The van der Waals surface area contributed by atoms with E-state index < -0.39 is 0 Å². The lowest BCUT2D eigenvalue weighted by atomic mass is 9.98. The van der Waals surface area contributed by atoms with Gasteiger partial charge in [0.25, 0.3) is 5.91 Å². The normalized spacial score (nSPS) is 10.3. The molecular weight excluding hydrogens is 176 g/mol. The molecule has 0 aliphatic carbocycles. The Morgan fingerprint density at radius 2 is 2.07 bits per heavy atom. The number of carbonyl (C=O) groups is 1. The van der Waals surface area contributed by atoms with Crippen molar-refractivity contribution in [3.05, 3.63) is 35.4 Å². The highest BCUT2D eigenvalue weighted by atomic mass is 16.2. The first-order chi connectivity index (χ1) is 6.65. The maximum absolute atomic E-state index is 11.4. The second-order valence-corrected chi connectivity index (χ2v) is 3.73. The Bertz CT molecular complexity index is 321. The number of nitrogens with two attached hydrogens (primary N) is 1. The van der Waals surface area contributed by atoms with Crippen molar-refractivity contribution in [3.8, 4) is 0 Å². The van der Waals surface area contributed by atoms with E-state index in [1.54, 1.807) is 6.07 Å². The Hall–Kier alpha value is -1.35. The first-order valence-corrected chi connectivity index (χ1v) is 4.74. The van der Waals surface area contributed by atoms with Crippen molar-refractivity contribution in [1.82, 2.24) is 5.43 Å². The number of hydrazine groups is 1. The van der Waals surface area contributed by atoms with E-state index in [9.17, 15) is 4.79 Å². The van der Waals surface area contributed by atoms with Gasteiger partial charge < -0.3 is 0 Å². The lowest BCUT2D eigenvalue weighted by Crippen LogP contribution is -2.30. The maximum Gasteiger partial charge on any atom is 0.265 e. The van der Waals surface area contributed by atoms with Crippen LogP contribution < -0.4 is 11.3 Å². The molecule has 0 fully saturated rings. The van der Waals surface area contributed by atoms with E-state index in [2.05, 4.69) is 19.3 Å². The van der Waals surface area contributed by atoms with Crippen molar-refractivity contribution in [3.63, 3.8) is 0 Å². The molecule has 14 heavy (non-hydrogen) atoms. The fourth-order valence-corrected chi connectivity index (χ4v) is 1.44. The Morgan fingerprint density at radius 3 is 2.64 bits per heavy atom. The summed E-state index contributed by atoms with van der Waals surface area (Å²) in [5.41, 5.74) is 3.87. The SMILES string of the molecule is CC(C)Cc1ccccc1C(=O)NN. The van der Waals surface area contributed by atoms with Crippen LogP contribution in [0.2, 0.25) is 0 Å². The maximum atomic E-state index is 11.4. The number of nitrogen functional groups attached to an aromatic ring is 1. The van der Waals surface area contributed by atoms with E-state index in [-0.39, 0.29) is 5.91 Å². The molecule has 1 aromatic rings. The van der Waals surface area contributed by atoms with E-state index in [1.807, 2.05) is 18.2 Å². The van der Waals surface area contributed by atoms with Gasteiger partial charge in [0.05, 0.1) is 0 Å². The molecule has 0 saturated heterocycles. The molecule has 1 amide bonds. The third kappa shape index (κ3) is 2.57. The highest BCUT2D eigenvalue weighted by molar-refractivity contribution is 5.95. The van der Waals surface area contributed by atoms with Gasteiger partial charge in [0.2, 0.25) is 0 Å². The largest absolute Gasteiger partial charge is 0.290 e. The first kappa shape index (κ1) is 10.7. The van der Waals surface area contributed by atoms with E-state index >= 15 is 0 Å². The van der Waals surface area contributed by atoms with Gasteiger partial charge in [0.1, 0.15) is 0 Å². The lowest BCUT2D eigenvalue weighted by molar-refractivity contribution is 0.0952. The Balaban J connectivity index is 2.97. The summed E-state index contributed by atoms with van der Waals surface area (Å²) < 4.78 is 0. The average molecular weight is 192 g/mol. The van der Waals surface area contributed by atoms with Gasteiger partial charge in [-0.1, -0.05) is 32.0 Å². The van der Waals surface area contributed by atoms with Crippen molar-refractivity contribution >= 4 is 5.91 Å². The summed E-state index contributed by atoms with van der Waals surface area (Å²) >= 11 is 0. The number of benzene rings is 1. The number of carbonyl (C=O) groups excluding carboxylic acids is 1. The quantitative estimate of drug-likeness (QED) is 0.433. The second kappa shape index (κ2) is 4.77. The average Bonchev–Trinajstić information content (AvgIpc) is 2.16. The molecule has 0 atom stereocenters. The standard InChI is InChI=1S/C11H16N2O/c1-8(2)7-9-5-3-4-6-10(9)11(14)13-12/h3-6,8H,7,12H2,1-2H3,(H,13,14). The Labute approximate surface area is 84.3 Å². The lowest BCUT2D eigenvalue weighted by Gasteiger charge is -2.09. The minimum atomic E-state index is -0.221. The Kier molecular flexibility index (Phi) is 3.65. The molecule has 0 radical (unpaired) electrons. The van der Waals surface area contributed by atoms with Crippen molar-refractivity contribution < 1.29 is 4.79 Å². The third-order valence-corrected chi connectivity index (χ3v) is 2.02. The fraction of sp³-hybridized carbons (Fsp3) is 0.364. The van der Waals surface area contributed by atoms with Crippen LogP contribution in [0.5, 0.6) is 0 Å². The molecule has 3 N–H and O–H groups in total. The van der Waals surface area contributed by atoms with E-state index in [0.29, 0.717) is 11.5 Å². The molecule has 0 unspecified atom stereocenters. The topological polar surface area (TPSA) is 55.1 Å². The molecule has 1 rings (SSSR count). The molecule has 0 aromatic heterocycles. The van der Waals surface area contributed by atoms with Gasteiger partial charge in [-0.25, -0.2) is 5.84 Å². The van der Waals surface area contributed by atoms with Crippen molar-refractivity contribution in [2.24, 2.45) is 11.8 Å². The molecule has 0 aliphatic heterocycles. The van der Waals surface area contributed by atoms with Gasteiger partial charge in [-0.15, -0.1) is 0 Å². The highest BCUT2D eigenvalue weighted by Gasteiger charge is 2.09. The molecule has 1 aromatic carbocycles. The smallest absolute Gasteiger partial charge is 0.265 e. The molecule has 3 heteroatoms. The molecule has 0 spiro atoms. The van der Waals surface area contributed by atoms with Crippen LogP contribution in [-0.4, -0.2) is 5.91 Å². The zero-order valence-electron chi connectivity index (χ0n) is 8.58. The van der Waals surface area contributed by atoms with Crippen molar-refractivity contribution in [2.75, 3.05) is 0 Å². The van der Waals surface area contributed by atoms with Gasteiger partial charge >= 0.3 is 0 Å². The first-order valence-electron chi connectivity index (χ1n) is 4.74. The summed E-state index contributed by atoms with van der Waals surface area (Å²) in [6.07, 6.45) is 0.892. The van der Waals surface area contributed by atoms with Crippen LogP contribution in [0.4, 0.5) is 0 Å². The van der Waals surface area contributed by atoms with Gasteiger partial charge in [0.15, 0.2) is 0 Å². The Morgan fingerprint density at radius 1 is 1.43 bits per heavy atom. The molecule has 0 aliphatic rings. The van der Waals surface area contributed by atoms with Gasteiger partial charge in [-0.2, -0.15) is 0 Å². The third-order valence-electron chi connectivity index (χ3n) is 2.02. The molecule has 0 bridgehead atoms. The van der Waals surface area contributed by atoms with Crippen LogP contribution in [0, 0.1) is 5.92 Å². The van der Waals surface area contributed by atoms with Crippen LogP contribution in [0.15, 0.2) is 24.3 Å². The zero-order chi connectivity index (χ0) is 10.6. The summed E-state index contributed by atoms with van der Waals surface area (Å²) in [6, 6.07) is 7.53. The molecule has 0 saturated carbocycles. The zero-order valence-corrected chi connectivity index (χ0v) is 8.58. The van der Waals surface area contributed by atoms with Crippen LogP contribution in [0.25, 0.3) is 0 Å². The predicted molar refractivity (Wildman–Crippen MR) is 56.6 cm³/mol. The number of rotatable bonds is 3. The van der Waals surface area contributed by atoms with Crippen LogP contribution in [-0.2, 0) is 6.42 Å². The number of hydrogen-bond acceptors (Lipinski definition) is 2. The van der Waals surface area contributed by atoms with E-state index in [0.717, 1.165) is 12.0 Å². The summed E-state index contributed by atoms with van der Waals surface area (Å²) in [5, 5.41) is 0. The van der Waals surface area contributed by atoms with Gasteiger partial charge in [-0.05, 0) is 24.0 Å². The number of hydrogen-bond donors (Lipinski definition) is 2. The summed E-state index contributed by atoms with van der Waals surface area (Å²) in [5.74, 6) is 5.41. The monoisotopic (exact) mass is 192 g/mol. The minimum Gasteiger partial charge on any atom is -0.290 e. The van der Waals surface area contributed by atoms with Crippen LogP contribution >= 0.6 is 0 Å². The van der Waals surface area contributed by atoms with E-state index in [1.165, 1.54) is 0 Å². The molecular formula is C11H16N2O. The van der Waals surface area contributed by atoms with Crippen LogP contribution in [0.1, 0.15) is 29.8 Å². The number of nitrogens with one attached hydrogen (secondary N) is 1. The van der Waals surface area contributed by atoms with E-state index in [4.69, 9.17) is 5.84 Å². The minimum absolute atomic E-state index is 0.221.